The Morgan fingerprint density at radius 1 is 1.15 bits per heavy atom. The number of hydrogen-bond acceptors (Lipinski definition) is 2. The van der Waals surface area contributed by atoms with Crippen LogP contribution in [0.3, 0.4) is 0 Å². The molecule has 1 aliphatic carbocycles. The summed E-state index contributed by atoms with van der Waals surface area (Å²) in [5.41, 5.74) is 1.02. The zero-order chi connectivity index (χ0) is 13.9. The highest BCUT2D eigenvalue weighted by Gasteiger charge is 2.36. The van der Waals surface area contributed by atoms with Gasteiger partial charge in [-0.2, -0.15) is 0 Å². The second-order valence-electron chi connectivity index (χ2n) is 5.77. The minimum absolute atomic E-state index is 0.0434. The standard InChI is InChI=1S/C16H20N2O2/c19-15(10-12-4-2-1-3-5-12)17-14-8-9-18(11-14)16(20)13-6-7-13/h1-5,13-14H,6-11H2,(H,17,19). The van der Waals surface area contributed by atoms with E-state index in [0.29, 0.717) is 13.0 Å². The molecule has 0 radical (unpaired) electrons. The number of carbonyl (C=O) groups excluding carboxylic acids is 2. The third-order valence-corrected chi connectivity index (χ3v) is 4.00. The molecule has 106 valence electrons. The summed E-state index contributed by atoms with van der Waals surface area (Å²) in [7, 11) is 0. The molecule has 2 amide bonds. The van der Waals surface area contributed by atoms with Gasteiger partial charge in [0.2, 0.25) is 11.8 Å². The van der Waals surface area contributed by atoms with Crippen LogP contribution in [0.4, 0.5) is 0 Å². The van der Waals surface area contributed by atoms with E-state index in [4.69, 9.17) is 0 Å². The zero-order valence-electron chi connectivity index (χ0n) is 11.5. The van der Waals surface area contributed by atoms with E-state index in [0.717, 1.165) is 31.4 Å². The van der Waals surface area contributed by atoms with E-state index >= 15 is 0 Å². The fourth-order valence-corrected chi connectivity index (χ4v) is 2.73. The molecule has 1 unspecified atom stereocenters. The second-order valence-corrected chi connectivity index (χ2v) is 5.77. The topological polar surface area (TPSA) is 49.4 Å². The average molecular weight is 272 g/mol. The van der Waals surface area contributed by atoms with Crippen LogP contribution in [0.5, 0.6) is 0 Å². The molecular formula is C16H20N2O2. The largest absolute Gasteiger partial charge is 0.351 e. The Morgan fingerprint density at radius 3 is 2.60 bits per heavy atom. The molecule has 2 aliphatic rings. The van der Waals surface area contributed by atoms with Crippen LogP contribution in [0, 0.1) is 5.92 Å². The zero-order valence-corrected chi connectivity index (χ0v) is 11.5. The van der Waals surface area contributed by atoms with Crippen molar-refractivity contribution in [2.75, 3.05) is 13.1 Å². The van der Waals surface area contributed by atoms with Crippen LogP contribution < -0.4 is 5.32 Å². The van der Waals surface area contributed by atoms with E-state index in [1.165, 1.54) is 0 Å². The van der Waals surface area contributed by atoms with Crippen molar-refractivity contribution in [2.24, 2.45) is 5.92 Å². The van der Waals surface area contributed by atoms with E-state index in [-0.39, 0.29) is 23.8 Å². The summed E-state index contributed by atoms with van der Waals surface area (Å²) in [6, 6.07) is 9.85. The Morgan fingerprint density at radius 2 is 1.90 bits per heavy atom. The molecule has 1 heterocycles. The van der Waals surface area contributed by atoms with Crippen molar-refractivity contribution in [2.45, 2.75) is 31.7 Å². The summed E-state index contributed by atoms with van der Waals surface area (Å²) in [6.45, 7) is 1.46. The SMILES string of the molecule is O=C(Cc1ccccc1)NC1CCN(C(=O)C2CC2)C1. The number of benzene rings is 1. The first-order valence-corrected chi connectivity index (χ1v) is 7.34. The Labute approximate surface area is 119 Å². The van der Waals surface area contributed by atoms with Crippen molar-refractivity contribution in [3.05, 3.63) is 35.9 Å². The molecule has 1 saturated carbocycles. The maximum absolute atomic E-state index is 12.0. The molecule has 1 atom stereocenters. The highest BCUT2D eigenvalue weighted by molar-refractivity contribution is 5.82. The Balaban J connectivity index is 1.46. The predicted octanol–water partition coefficient (Wildman–Crippen LogP) is 1.36. The molecule has 1 aromatic carbocycles. The molecule has 1 aromatic rings. The van der Waals surface area contributed by atoms with E-state index in [1.807, 2.05) is 35.2 Å². The Hall–Kier alpha value is -1.84. The van der Waals surface area contributed by atoms with Gasteiger partial charge in [-0.15, -0.1) is 0 Å². The van der Waals surface area contributed by atoms with Gasteiger partial charge in [0, 0.05) is 25.0 Å². The lowest BCUT2D eigenvalue weighted by atomic mass is 10.1. The van der Waals surface area contributed by atoms with Gasteiger partial charge in [-0.05, 0) is 24.8 Å². The molecule has 0 aromatic heterocycles. The quantitative estimate of drug-likeness (QED) is 0.899. The van der Waals surface area contributed by atoms with Crippen molar-refractivity contribution >= 4 is 11.8 Å². The molecule has 20 heavy (non-hydrogen) atoms. The molecule has 1 saturated heterocycles. The molecule has 2 fully saturated rings. The lowest BCUT2D eigenvalue weighted by Gasteiger charge is -2.16. The fourth-order valence-electron chi connectivity index (χ4n) is 2.73. The Bertz CT molecular complexity index is 496. The molecule has 0 spiro atoms. The first-order chi connectivity index (χ1) is 9.72. The Kier molecular flexibility index (Phi) is 3.72. The lowest BCUT2D eigenvalue weighted by molar-refractivity contribution is -0.131. The first kappa shape index (κ1) is 13.2. The van der Waals surface area contributed by atoms with Crippen LogP contribution in [0.1, 0.15) is 24.8 Å². The van der Waals surface area contributed by atoms with Crippen molar-refractivity contribution in [3.63, 3.8) is 0 Å². The number of hydrogen-bond donors (Lipinski definition) is 1. The van der Waals surface area contributed by atoms with Crippen molar-refractivity contribution < 1.29 is 9.59 Å². The van der Waals surface area contributed by atoms with E-state index < -0.39 is 0 Å². The summed E-state index contributed by atoms with van der Waals surface area (Å²) in [4.78, 5) is 25.8. The van der Waals surface area contributed by atoms with Gasteiger partial charge >= 0.3 is 0 Å². The van der Waals surface area contributed by atoms with Gasteiger partial charge in [0.05, 0.1) is 6.42 Å². The molecule has 1 aliphatic heterocycles. The molecule has 4 heteroatoms. The average Bonchev–Trinajstić information content (AvgIpc) is 3.19. The number of nitrogens with zero attached hydrogens (tertiary/aromatic N) is 1. The van der Waals surface area contributed by atoms with Crippen LogP contribution in [0.2, 0.25) is 0 Å². The highest BCUT2D eigenvalue weighted by Crippen LogP contribution is 2.32. The molecule has 1 N–H and O–H groups in total. The highest BCUT2D eigenvalue weighted by atomic mass is 16.2. The van der Waals surface area contributed by atoms with Gasteiger partial charge in [0.25, 0.3) is 0 Å². The van der Waals surface area contributed by atoms with Crippen LogP contribution in [-0.4, -0.2) is 35.8 Å². The van der Waals surface area contributed by atoms with Gasteiger partial charge in [-0.25, -0.2) is 0 Å². The van der Waals surface area contributed by atoms with Crippen molar-refractivity contribution in [1.29, 1.82) is 0 Å². The predicted molar refractivity (Wildman–Crippen MR) is 76.0 cm³/mol. The van der Waals surface area contributed by atoms with Gasteiger partial charge in [-0.3, -0.25) is 9.59 Å². The normalized spacial score (nSPS) is 21.8. The molecular weight excluding hydrogens is 252 g/mol. The number of rotatable bonds is 4. The summed E-state index contributed by atoms with van der Waals surface area (Å²) in [6.07, 6.45) is 3.37. The third kappa shape index (κ3) is 3.18. The van der Waals surface area contributed by atoms with Crippen LogP contribution >= 0.6 is 0 Å². The fraction of sp³-hybridized carbons (Fsp3) is 0.500. The monoisotopic (exact) mass is 272 g/mol. The number of likely N-dealkylation sites (tertiary alicyclic amines) is 1. The maximum atomic E-state index is 12.0. The van der Waals surface area contributed by atoms with Crippen LogP contribution in [-0.2, 0) is 16.0 Å². The second kappa shape index (κ2) is 5.65. The van der Waals surface area contributed by atoms with E-state index in [9.17, 15) is 9.59 Å². The van der Waals surface area contributed by atoms with Gasteiger partial charge < -0.3 is 10.2 Å². The molecule has 4 nitrogen and oxygen atoms in total. The summed E-state index contributed by atoms with van der Waals surface area (Å²) in [5, 5.41) is 3.04. The lowest BCUT2D eigenvalue weighted by Crippen LogP contribution is -2.39. The third-order valence-electron chi connectivity index (χ3n) is 4.00. The first-order valence-electron chi connectivity index (χ1n) is 7.34. The van der Waals surface area contributed by atoms with Crippen LogP contribution in [0.15, 0.2) is 30.3 Å². The van der Waals surface area contributed by atoms with Gasteiger partial charge in [0.15, 0.2) is 0 Å². The summed E-state index contributed by atoms with van der Waals surface area (Å²) < 4.78 is 0. The van der Waals surface area contributed by atoms with Crippen molar-refractivity contribution in [3.8, 4) is 0 Å². The number of nitrogens with one attached hydrogen (secondary N) is 1. The maximum Gasteiger partial charge on any atom is 0.225 e. The number of amides is 2. The van der Waals surface area contributed by atoms with Gasteiger partial charge in [-0.1, -0.05) is 30.3 Å². The van der Waals surface area contributed by atoms with Crippen molar-refractivity contribution in [1.82, 2.24) is 10.2 Å². The van der Waals surface area contributed by atoms with E-state index in [1.54, 1.807) is 0 Å². The van der Waals surface area contributed by atoms with E-state index in [2.05, 4.69) is 5.32 Å². The summed E-state index contributed by atoms with van der Waals surface area (Å²) >= 11 is 0. The molecule has 0 bridgehead atoms. The van der Waals surface area contributed by atoms with Crippen LogP contribution in [0.25, 0.3) is 0 Å². The minimum atomic E-state index is 0.0434. The number of carbonyl (C=O) groups is 2. The molecule has 3 rings (SSSR count). The summed E-state index contributed by atoms with van der Waals surface area (Å²) in [5.74, 6) is 0.598. The van der Waals surface area contributed by atoms with Gasteiger partial charge in [0.1, 0.15) is 0 Å². The minimum Gasteiger partial charge on any atom is -0.351 e. The smallest absolute Gasteiger partial charge is 0.225 e.